The zero-order valence-corrected chi connectivity index (χ0v) is 12.3. The predicted molar refractivity (Wildman–Crippen MR) is 15.2 cm³/mol. The van der Waals surface area contributed by atoms with Gasteiger partial charge in [-0.2, -0.15) is 0 Å². The van der Waals surface area contributed by atoms with Gasteiger partial charge in [-0.25, -0.2) is 0 Å². The van der Waals surface area contributed by atoms with Crippen molar-refractivity contribution in [2.75, 3.05) is 0 Å². The van der Waals surface area contributed by atoms with Crippen molar-refractivity contribution < 1.29 is 40.6 Å². The van der Waals surface area contributed by atoms with Crippen LogP contribution < -0.4 is 0 Å². The van der Waals surface area contributed by atoms with Gasteiger partial charge in [0.1, 0.15) is 0 Å². The van der Waals surface area contributed by atoms with Crippen LogP contribution in [0, 0.1) is 0 Å². The summed E-state index contributed by atoms with van der Waals surface area (Å²) in [6, 6.07) is 0. The molecule has 0 bridgehead atoms. The van der Waals surface area contributed by atoms with Gasteiger partial charge >= 0.3 is 59.3 Å². The summed E-state index contributed by atoms with van der Waals surface area (Å²) in [4.78, 5) is 0. The fourth-order valence-electron chi connectivity index (χ4n) is 0. The molecule has 0 aliphatic rings. The molecule has 0 aromatic rings. The van der Waals surface area contributed by atoms with E-state index >= 15 is 0 Å². The Kier molecular flexibility index (Phi) is 46.9. The van der Waals surface area contributed by atoms with Crippen molar-refractivity contribution in [1.29, 1.82) is 0 Å². The third-order valence-electron chi connectivity index (χ3n) is 0. The van der Waals surface area contributed by atoms with Crippen LogP contribution in [-0.2, 0) is 40.6 Å². The van der Waals surface area contributed by atoms with E-state index < -0.39 is 0 Å². The second-order valence-electron chi connectivity index (χ2n) is 0. The molecule has 0 aliphatic carbocycles. The van der Waals surface area contributed by atoms with E-state index in [9.17, 15) is 0 Å². The summed E-state index contributed by atoms with van der Waals surface area (Å²) < 4.78 is 0. The van der Waals surface area contributed by atoms with Gasteiger partial charge in [-0.1, -0.05) is 0 Å². The number of rotatable bonds is 0. The SMILES string of the molecule is [S]=[Hg].[S]=[Zn]. The van der Waals surface area contributed by atoms with Gasteiger partial charge in [-0.3, -0.25) is 0 Å². The topological polar surface area (TPSA) is 0 Å². The van der Waals surface area contributed by atoms with Gasteiger partial charge in [0.05, 0.1) is 0 Å². The molecule has 0 saturated heterocycles. The second kappa shape index (κ2) is 20.0. The van der Waals surface area contributed by atoms with Crippen LogP contribution in [0.5, 0.6) is 0 Å². The van der Waals surface area contributed by atoms with E-state index in [2.05, 4.69) is 18.7 Å². The first kappa shape index (κ1) is 9.37. The molecule has 0 amide bonds. The molecule has 0 rings (SSSR count). The molecule has 0 aromatic carbocycles. The summed E-state index contributed by atoms with van der Waals surface area (Å²) >= 11 is 1.57. The van der Waals surface area contributed by atoms with Crippen LogP contribution in [0.1, 0.15) is 0 Å². The molecule has 0 saturated carbocycles. The molecule has 0 nitrogen and oxygen atoms in total. The normalized spacial score (nSPS) is 3.00. The maximum absolute atomic E-state index is 4.28. The van der Waals surface area contributed by atoms with Crippen molar-refractivity contribution in [2.24, 2.45) is 0 Å². The summed E-state index contributed by atoms with van der Waals surface area (Å²) in [7, 11) is 8.49. The molecule has 0 aromatic heterocycles. The van der Waals surface area contributed by atoms with Crippen LogP contribution in [0.2, 0.25) is 0 Å². The first-order chi connectivity index (χ1) is 2.00. The third-order valence-corrected chi connectivity index (χ3v) is 0. The Morgan fingerprint density at radius 2 is 1.25 bits per heavy atom. The third kappa shape index (κ3) is 9.00. The van der Waals surface area contributed by atoms with E-state index in [1.807, 2.05) is 0 Å². The van der Waals surface area contributed by atoms with Gasteiger partial charge in [0.25, 0.3) is 0 Å². The molecule has 0 aliphatic heterocycles. The molecule has 0 heterocycles. The van der Waals surface area contributed by atoms with Crippen LogP contribution in [0.25, 0.3) is 0 Å². The number of hydrogen-bond acceptors (Lipinski definition) is 2. The van der Waals surface area contributed by atoms with E-state index in [1.165, 1.54) is 0 Å². The molecule has 4 heavy (non-hydrogen) atoms. The Bertz CT molecular complexity index is 8.00. The van der Waals surface area contributed by atoms with E-state index in [-0.39, 0.29) is 0 Å². The predicted octanol–water partition coefficient (Wildman–Crippen LogP) is 1.29. The standard InChI is InChI=1S/Hg.2S.Zn. The molecular weight excluding hydrogens is 330 g/mol. The Morgan fingerprint density at radius 1 is 1.25 bits per heavy atom. The van der Waals surface area contributed by atoms with Crippen molar-refractivity contribution in [3.05, 3.63) is 0 Å². The van der Waals surface area contributed by atoms with Crippen LogP contribution in [0.15, 0.2) is 0 Å². The molecular formula is HgS2Zn. The Hall–Kier alpha value is 2.00. The van der Waals surface area contributed by atoms with Gasteiger partial charge < -0.3 is 0 Å². The molecule has 0 spiro atoms. The molecule has 0 unspecified atom stereocenters. The van der Waals surface area contributed by atoms with E-state index in [0.717, 1.165) is 16.6 Å². The van der Waals surface area contributed by atoms with Crippen molar-refractivity contribution in [1.82, 2.24) is 0 Å². The quantitative estimate of drug-likeness (QED) is 0.614. The van der Waals surface area contributed by atoms with Crippen LogP contribution in [0.4, 0.5) is 0 Å². The summed E-state index contributed by atoms with van der Waals surface area (Å²) in [6.07, 6.45) is 0. The first-order valence-corrected chi connectivity index (χ1v) is 12.1. The fourth-order valence-corrected chi connectivity index (χ4v) is 0. The van der Waals surface area contributed by atoms with Crippen LogP contribution in [-0.4, -0.2) is 0 Å². The minimum atomic E-state index is 0.611. The van der Waals surface area contributed by atoms with Crippen molar-refractivity contribution in [2.45, 2.75) is 0 Å². The van der Waals surface area contributed by atoms with Crippen molar-refractivity contribution in [3.8, 4) is 0 Å². The molecule has 0 atom stereocenters. The van der Waals surface area contributed by atoms with Crippen molar-refractivity contribution >= 4 is 18.7 Å². The van der Waals surface area contributed by atoms with Gasteiger partial charge in [-0.05, 0) is 0 Å². The monoisotopic (exact) mass is 330 g/mol. The Balaban J connectivity index is 0. The fraction of sp³-hybridized carbons (Fsp3) is 0. The Morgan fingerprint density at radius 3 is 1.25 bits per heavy atom. The summed E-state index contributed by atoms with van der Waals surface area (Å²) in [5.74, 6) is 0. The maximum atomic E-state index is 4.28. The minimum absolute atomic E-state index is 0.611. The second-order valence-corrected chi connectivity index (χ2v) is 0. The summed E-state index contributed by atoms with van der Waals surface area (Å²) in [5, 5.41) is 0. The van der Waals surface area contributed by atoms with E-state index in [1.54, 1.807) is 0 Å². The zero-order valence-electron chi connectivity index (χ0n) is 2.23. The van der Waals surface area contributed by atoms with Gasteiger partial charge in [0.2, 0.25) is 0 Å². The first-order valence-electron chi connectivity index (χ1n) is 0.577. The summed E-state index contributed by atoms with van der Waals surface area (Å²) in [5.41, 5.74) is 0. The summed E-state index contributed by atoms with van der Waals surface area (Å²) in [6.45, 7) is 0. The van der Waals surface area contributed by atoms with Crippen molar-refractivity contribution in [3.63, 3.8) is 0 Å². The number of hydrogen-bond donors (Lipinski definition) is 0. The van der Waals surface area contributed by atoms with E-state index in [0.29, 0.717) is 24.0 Å². The Labute approximate surface area is 58.4 Å². The van der Waals surface area contributed by atoms with Crippen LogP contribution in [0.3, 0.4) is 0 Å². The van der Waals surface area contributed by atoms with Gasteiger partial charge in [0.15, 0.2) is 0 Å². The van der Waals surface area contributed by atoms with Gasteiger partial charge in [-0.15, -0.1) is 0 Å². The average molecular weight is 330 g/mol. The molecule has 16 valence electrons. The molecule has 0 N–H and O–H groups in total. The molecule has 0 fully saturated rings. The van der Waals surface area contributed by atoms with Crippen LogP contribution >= 0.6 is 18.7 Å². The average Bonchev–Trinajstić information content (AvgIpc) is 1.50. The van der Waals surface area contributed by atoms with E-state index in [4.69, 9.17) is 0 Å². The van der Waals surface area contributed by atoms with Gasteiger partial charge in [0, 0.05) is 0 Å². The molecule has 0 radical (unpaired) electrons. The molecule has 4 heteroatoms. The zero-order chi connectivity index (χ0) is 4.00.